The van der Waals surface area contributed by atoms with Gasteiger partial charge in [0.1, 0.15) is 11.3 Å². The van der Waals surface area contributed by atoms with E-state index >= 15 is 0 Å². The number of benzene rings is 1. The lowest BCUT2D eigenvalue weighted by Gasteiger charge is -2.12. The summed E-state index contributed by atoms with van der Waals surface area (Å²) in [6.45, 7) is 2.57. The van der Waals surface area contributed by atoms with Crippen molar-refractivity contribution in [3.05, 3.63) is 53.4 Å². The lowest BCUT2D eigenvalue weighted by molar-refractivity contribution is 0.102. The van der Waals surface area contributed by atoms with Crippen LogP contribution >= 0.6 is 11.6 Å². The molecule has 3 aromatic rings. The van der Waals surface area contributed by atoms with Gasteiger partial charge in [-0.2, -0.15) is 5.10 Å². The van der Waals surface area contributed by atoms with Crippen molar-refractivity contribution >= 4 is 28.8 Å². The number of anilines is 1. The van der Waals surface area contributed by atoms with E-state index in [1.807, 2.05) is 6.92 Å². The van der Waals surface area contributed by atoms with E-state index in [1.165, 1.54) is 6.20 Å². The third kappa shape index (κ3) is 3.27. The van der Waals surface area contributed by atoms with E-state index in [1.54, 1.807) is 41.2 Å². The molecule has 0 bridgehead atoms. The summed E-state index contributed by atoms with van der Waals surface area (Å²) in [5.74, 6) is 0.261. The third-order valence-electron chi connectivity index (χ3n) is 3.18. The fourth-order valence-electron chi connectivity index (χ4n) is 2.11. The molecule has 0 saturated heterocycles. The van der Waals surface area contributed by atoms with Crippen molar-refractivity contribution in [2.24, 2.45) is 0 Å². The zero-order valence-corrected chi connectivity index (χ0v) is 13.2. The van der Waals surface area contributed by atoms with Crippen LogP contribution in [0.5, 0.6) is 5.75 Å². The molecule has 0 atom stereocenters. The highest BCUT2D eigenvalue weighted by molar-refractivity contribution is 6.31. The van der Waals surface area contributed by atoms with Crippen LogP contribution in [-0.2, 0) is 0 Å². The highest BCUT2D eigenvalue weighted by Crippen LogP contribution is 2.29. The van der Waals surface area contributed by atoms with Gasteiger partial charge in [-0.15, -0.1) is 0 Å². The van der Waals surface area contributed by atoms with Crippen LogP contribution in [0.3, 0.4) is 0 Å². The summed E-state index contributed by atoms with van der Waals surface area (Å²) in [6.07, 6.45) is 5.69. The Kier molecular flexibility index (Phi) is 4.43. The Bertz CT molecular complexity index is 847. The number of amides is 1. The van der Waals surface area contributed by atoms with E-state index in [0.29, 0.717) is 34.3 Å². The van der Waals surface area contributed by atoms with Gasteiger partial charge >= 0.3 is 0 Å². The van der Waals surface area contributed by atoms with E-state index < -0.39 is 0 Å². The number of carbonyl (C=O) groups is 1. The molecule has 1 N–H and O–H groups in total. The molecule has 1 aromatic carbocycles. The summed E-state index contributed by atoms with van der Waals surface area (Å²) in [7, 11) is 0. The molecule has 3 rings (SSSR count). The van der Waals surface area contributed by atoms with Crippen molar-refractivity contribution in [3.8, 4) is 5.75 Å². The molecule has 7 heteroatoms. The second-order valence-electron chi connectivity index (χ2n) is 4.89. The molecule has 0 aliphatic carbocycles. The Morgan fingerprint density at radius 1 is 1.43 bits per heavy atom. The number of hydrogen-bond acceptors (Lipinski definition) is 4. The predicted molar refractivity (Wildman–Crippen MR) is 88.2 cm³/mol. The number of rotatable bonds is 5. The van der Waals surface area contributed by atoms with Crippen LogP contribution in [0.2, 0.25) is 5.02 Å². The Morgan fingerprint density at radius 3 is 3.13 bits per heavy atom. The number of ether oxygens (including phenoxy) is 1. The molecule has 0 spiro atoms. The van der Waals surface area contributed by atoms with E-state index in [-0.39, 0.29) is 5.91 Å². The maximum atomic E-state index is 12.5. The second-order valence-corrected chi connectivity index (χ2v) is 5.33. The van der Waals surface area contributed by atoms with Crippen LogP contribution < -0.4 is 10.1 Å². The van der Waals surface area contributed by atoms with Crippen molar-refractivity contribution in [1.82, 2.24) is 14.6 Å². The summed E-state index contributed by atoms with van der Waals surface area (Å²) in [4.78, 5) is 16.7. The molecule has 0 saturated carbocycles. The number of hydrogen-bond donors (Lipinski definition) is 1. The van der Waals surface area contributed by atoms with Crippen molar-refractivity contribution in [2.45, 2.75) is 13.3 Å². The average molecular weight is 331 g/mol. The minimum atomic E-state index is -0.317. The Morgan fingerprint density at radius 2 is 2.30 bits per heavy atom. The minimum absolute atomic E-state index is 0.317. The SMILES string of the molecule is CCCOc1ccc(Cl)cc1NC(=O)c1cnn2cccnc12. The van der Waals surface area contributed by atoms with Crippen molar-refractivity contribution < 1.29 is 9.53 Å². The molecule has 2 aromatic heterocycles. The van der Waals surface area contributed by atoms with Gasteiger partial charge in [0.15, 0.2) is 5.65 Å². The molecule has 2 heterocycles. The summed E-state index contributed by atoms with van der Waals surface area (Å²) in [6, 6.07) is 6.86. The average Bonchev–Trinajstić information content (AvgIpc) is 2.98. The first-order chi connectivity index (χ1) is 11.2. The smallest absolute Gasteiger partial charge is 0.261 e. The number of aromatic nitrogens is 3. The lowest BCUT2D eigenvalue weighted by atomic mass is 10.2. The number of fused-ring (bicyclic) bond motifs is 1. The van der Waals surface area contributed by atoms with E-state index in [2.05, 4.69) is 15.4 Å². The zero-order valence-electron chi connectivity index (χ0n) is 12.5. The number of nitrogens with zero attached hydrogens (tertiary/aromatic N) is 3. The van der Waals surface area contributed by atoms with Crippen molar-refractivity contribution in [3.63, 3.8) is 0 Å². The van der Waals surface area contributed by atoms with Crippen molar-refractivity contribution in [1.29, 1.82) is 0 Å². The molecular formula is C16H15ClN4O2. The van der Waals surface area contributed by atoms with Gasteiger partial charge in [-0.1, -0.05) is 18.5 Å². The molecule has 0 unspecified atom stereocenters. The maximum Gasteiger partial charge on any atom is 0.261 e. The molecule has 118 valence electrons. The summed E-state index contributed by atoms with van der Waals surface area (Å²) in [5.41, 5.74) is 1.39. The van der Waals surface area contributed by atoms with Gasteiger partial charge in [0.2, 0.25) is 0 Å². The standard InChI is InChI=1S/C16H15ClN4O2/c1-2-8-23-14-5-4-11(17)9-13(14)20-16(22)12-10-19-21-7-3-6-18-15(12)21/h3-7,9-10H,2,8H2,1H3,(H,20,22). The van der Waals surface area contributed by atoms with Gasteiger partial charge in [0, 0.05) is 17.4 Å². The van der Waals surface area contributed by atoms with Gasteiger partial charge in [-0.25, -0.2) is 9.50 Å². The molecule has 0 aliphatic rings. The predicted octanol–water partition coefficient (Wildman–Crippen LogP) is 3.42. The Balaban J connectivity index is 1.89. The van der Waals surface area contributed by atoms with E-state index in [4.69, 9.17) is 16.3 Å². The Hall–Kier alpha value is -2.60. The van der Waals surface area contributed by atoms with Gasteiger partial charge < -0.3 is 10.1 Å². The molecule has 23 heavy (non-hydrogen) atoms. The normalized spacial score (nSPS) is 10.7. The topological polar surface area (TPSA) is 68.5 Å². The quantitative estimate of drug-likeness (QED) is 0.778. The number of carbonyl (C=O) groups excluding carboxylic acids is 1. The summed E-state index contributed by atoms with van der Waals surface area (Å²) >= 11 is 6.02. The minimum Gasteiger partial charge on any atom is -0.491 e. The first-order valence-electron chi connectivity index (χ1n) is 7.21. The summed E-state index contributed by atoms with van der Waals surface area (Å²) in [5, 5.41) is 7.44. The fraction of sp³-hybridized carbons (Fsp3) is 0.188. The van der Waals surface area contributed by atoms with Gasteiger partial charge in [0.05, 0.1) is 18.5 Å². The largest absolute Gasteiger partial charge is 0.491 e. The van der Waals surface area contributed by atoms with Crippen LogP contribution in [0.15, 0.2) is 42.9 Å². The van der Waals surface area contributed by atoms with Gasteiger partial charge in [0.25, 0.3) is 5.91 Å². The summed E-state index contributed by atoms with van der Waals surface area (Å²) < 4.78 is 7.18. The van der Waals surface area contributed by atoms with Crippen LogP contribution in [-0.4, -0.2) is 27.1 Å². The lowest BCUT2D eigenvalue weighted by Crippen LogP contribution is -2.13. The Labute approximate surface area is 138 Å². The monoisotopic (exact) mass is 330 g/mol. The van der Waals surface area contributed by atoms with Crippen LogP contribution in [0.4, 0.5) is 5.69 Å². The fourth-order valence-corrected chi connectivity index (χ4v) is 2.29. The van der Waals surface area contributed by atoms with Crippen LogP contribution in [0.25, 0.3) is 5.65 Å². The van der Waals surface area contributed by atoms with Gasteiger partial charge in [-0.3, -0.25) is 4.79 Å². The molecule has 1 amide bonds. The molecule has 0 fully saturated rings. The first-order valence-corrected chi connectivity index (χ1v) is 7.59. The third-order valence-corrected chi connectivity index (χ3v) is 3.41. The molecule has 6 nitrogen and oxygen atoms in total. The van der Waals surface area contributed by atoms with Crippen LogP contribution in [0.1, 0.15) is 23.7 Å². The molecule has 0 radical (unpaired) electrons. The molecular weight excluding hydrogens is 316 g/mol. The van der Waals surface area contributed by atoms with Crippen molar-refractivity contribution in [2.75, 3.05) is 11.9 Å². The number of halogens is 1. The molecule has 0 aliphatic heterocycles. The first kappa shape index (κ1) is 15.3. The van der Waals surface area contributed by atoms with E-state index in [9.17, 15) is 4.79 Å². The van der Waals surface area contributed by atoms with Gasteiger partial charge in [-0.05, 0) is 30.7 Å². The van der Waals surface area contributed by atoms with E-state index in [0.717, 1.165) is 6.42 Å². The van der Waals surface area contributed by atoms with Crippen LogP contribution in [0, 0.1) is 0 Å². The zero-order chi connectivity index (χ0) is 16.2. The maximum absolute atomic E-state index is 12.5. The second kappa shape index (κ2) is 6.66. The highest BCUT2D eigenvalue weighted by atomic mass is 35.5. The highest BCUT2D eigenvalue weighted by Gasteiger charge is 2.16. The number of nitrogens with one attached hydrogen (secondary N) is 1.